The summed E-state index contributed by atoms with van der Waals surface area (Å²) in [4.78, 5) is 14.7. The van der Waals surface area contributed by atoms with Crippen molar-refractivity contribution in [1.29, 1.82) is 0 Å². The molecule has 1 aliphatic heterocycles. The van der Waals surface area contributed by atoms with E-state index in [9.17, 15) is 9.18 Å². The van der Waals surface area contributed by atoms with E-state index in [1.54, 1.807) is 35.2 Å². The Bertz CT molecular complexity index is 778. The summed E-state index contributed by atoms with van der Waals surface area (Å²) in [6, 6.07) is 11.4. The number of ether oxygens (including phenoxy) is 3. The minimum atomic E-state index is -0.291. The van der Waals surface area contributed by atoms with Crippen molar-refractivity contribution in [3.63, 3.8) is 0 Å². The second-order valence-electron chi connectivity index (χ2n) is 6.19. The lowest BCUT2D eigenvalue weighted by atomic mass is 10.1. The normalized spacial score (nSPS) is 16.9. The molecule has 2 aromatic carbocycles. The molecule has 1 atom stereocenters. The van der Waals surface area contributed by atoms with E-state index in [4.69, 9.17) is 14.2 Å². The Labute approximate surface area is 158 Å². The molecule has 1 saturated heterocycles. The molecular formula is C21H24FNO4. The number of halogens is 1. The first-order valence-electron chi connectivity index (χ1n) is 9.18. The van der Waals surface area contributed by atoms with E-state index in [1.165, 1.54) is 12.1 Å². The van der Waals surface area contributed by atoms with Gasteiger partial charge in [0, 0.05) is 12.1 Å². The Morgan fingerprint density at radius 1 is 1.11 bits per heavy atom. The molecule has 3 rings (SSSR count). The number of carbonyl (C=O) groups excluding carboxylic acids is 1. The number of rotatable bonds is 6. The van der Waals surface area contributed by atoms with Gasteiger partial charge in [-0.05, 0) is 49.7 Å². The lowest BCUT2D eigenvalue weighted by Gasteiger charge is -2.33. The third-order valence-electron chi connectivity index (χ3n) is 4.39. The average Bonchev–Trinajstić information content (AvgIpc) is 2.70. The van der Waals surface area contributed by atoms with Gasteiger partial charge in [-0.2, -0.15) is 0 Å². The maximum Gasteiger partial charge on any atom is 0.254 e. The van der Waals surface area contributed by atoms with Crippen LogP contribution in [0.15, 0.2) is 42.5 Å². The van der Waals surface area contributed by atoms with Crippen molar-refractivity contribution in [2.24, 2.45) is 0 Å². The van der Waals surface area contributed by atoms with Crippen molar-refractivity contribution < 1.29 is 23.4 Å². The lowest BCUT2D eigenvalue weighted by molar-refractivity contribution is -0.0228. The van der Waals surface area contributed by atoms with Crippen LogP contribution >= 0.6 is 0 Å². The molecule has 144 valence electrons. The molecule has 0 saturated carbocycles. The van der Waals surface area contributed by atoms with E-state index >= 15 is 0 Å². The van der Waals surface area contributed by atoms with Gasteiger partial charge in [0.2, 0.25) is 0 Å². The highest BCUT2D eigenvalue weighted by atomic mass is 19.1. The van der Waals surface area contributed by atoms with Crippen molar-refractivity contribution in [1.82, 2.24) is 4.90 Å². The maximum absolute atomic E-state index is 13.1. The van der Waals surface area contributed by atoms with E-state index in [0.717, 1.165) is 5.56 Å². The lowest BCUT2D eigenvalue weighted by Crippen LogP contribution is -2.42. The number of benzene rings is 2. The molecule has 1 heterocycles. The van der Waals surface area contributed by atoms with Gasteiger partial charge >= 0.3 is 0 Å². The van der Waals surface area contributed by atoms with Gasteiger partial charge in [0.05, 0.1) is 26.4 Å². The second kappa shape index (κ2) is 8.86. The van der Waals surface area contributed by atoms with E-state index in [2.05, 4.69) is 0 Å². The van der Waals surface area contributed by atoms with Crippen LogP contribution in [0.3, 0.4) is 0 Å². The fourth-order valence-corrected chi connectivity index (χ4v) is 3.08. The molecule has 1 fully saturated rings. The minimum absolute atomic E-state index is 0.0885. The molecule has 0 spiro atoms. The summed E-state index contributed by atoms with van der Waals surface area (Å²) in [6.07, 6.45) is -0.266. The molecular weight excluding hydrogens is 349 g/mol. The molecule has 2 aromatic rings. The largest absolute Gasteiger partial charge is 0.490 e. The van der Waals surface area contributed by atoms with Crippen LogP contribution in [0.5, 0.6) is 11.5 Å². The predicted octanol–water partition coefficient (Wildman–Crippen LogP) is 3.84. The summed E-state index contributed by atoms with van der Waals surface area (Å²) in [5, 5.41) is 0. The van der Waals surface area contributed by atoms with E-state index in [-0.39, 0.29) is 17.8 Å². The second-order valence-corrected chi connectivity index (χ2v) is 6.19. The van der Waals surface area contributed by atoms with Gasteiger partial charge in [0.25, 0.3) is 5.91 Å². The van der Waals surface area contributed by atoms with Gasteiger partial charge in [-0.3, -0.25) is 4.79 Å². The van der Waals surface area contributed by atoms with E-state index in [1.807, 2.05) is 13.8 Å². The Kier molecular flexibility index (Phi) is 6.29. The summed E-state index contributed by atoms with van der Waals surface area (Å²) in [7, 11) is 0. The van der Waals surface area contributed by atoms with Crippen LogP contribution < -0.4 is 9.47 Å². The minimum Gasteiger partial charge on any atom is -0.490 e. The summed E-state index contributed by atoms with van der Waals surface area (Å²) in [5.41, 5.74) is 1.40. The van der Waals surface area contributed by atoms with Gasteiger partial charge < -0.3 is 19.1 Å². The van der Waals surface area contributed by atoms with Crippen LogP contribution in [0.25, 0.3) is 0 Å². The zero-order valence-corrected chi connectivity index (χ0v) is 15.6. The third kappa shape index (κ3) is 4.57. The highest BCUT2D eigenvalue weighted by molar-refractivity contribution is 5.95. The number of amides is 1. The Hall–Kier alpha value is -2.60. The summed E-state index contributed by atoms with van der Waals surface area (Å²) >= 11 is 0. The topological polar surface area (TPSA) is 48.0 Å². The van der Waals surface area contributed by atoms with Gasteiger partial charge in [0.15, 0.2) is 11.5 Å². The van der Waals surface area contributed by atoms with Crippen molar-refractivity contribution in [3.05, 3.63) is 59.4 Å². The molecule has 5 nitrogen and oxygen atoms in total. The molecule has 0 N–H and O–H groups in total. The van der Waals surface area contributed by atoms with Gasteiger partial charge in [-0.1, -0.05) is 12.1 Å². The van der Waals surface area contributed by atoms with Gasteiger partial charge in [0.1, 0.15) is 11.9 Å². The number of hydrogen-bond donors (Lipinski definition) is 0. The Balaban J connectivity index is 1.76. The quantitative estimate of drug-likeness (QED) is 0.772. The van der Waals surface area contributed by atoms with Crippen LogP contribution in [0.1, 0.15) is 35.9 Å². The SMILES string of the molecule is CCOc1ccc(C(=O)N2CCOC(c3ccc(F)cc3)C2)cc1OCC. The Morgan fingerprint density at radius 3 is 2.52 bits per heavy atom. The molecule has 6 heteroatoms. The molecule has 27 heavy (non-hydrogen) atoms. The van der Waals surface area contributed by atoms with Crippen LogP contribution in [0.4, 0.5) is 4.39 Å². The number of carbonyl (C=O) groups is 1. The summed E-state index contributed by atoms with van der Waals surface area (Å²) < 4.78 is 30.1. The summed E-state index contributed by atoms with van der Waals surface area (Å²) in [6.45, 7) is 6.16. The van der Waals surface area contributed by atoms with Crippen molar-refractivity contribution in [2.75, 3.05) is 32.9 Å². The molecule has 0 radical (unpaired) electrons. The number of hydrogen-bond acceptors (Lipinski definition) is 4. The molecule has 0 aromatic heterocycles. The van der Waals surface area contributed by atoms with Crippen LogP contribution in [-0.4, -0.2) is 43.7 Å². The number of morpholine rings is 1. The van der Waals surface area contributed by atoms with Crippen LogP contribution in [-0.2, 0) is 4.74 Å². The molecule has 1 aliphatic rings. The standard InChI is InChI=1S/C21H24FNO4/c1-3-25-18-10-7-16(13-19(18)26-4-2)21(24)23-11-12-27-20(14-23)15-5-8-17(22)9-6-15/h5-10,13,20H,3-4,11-12,14H2,1-2H3. The molecule has 1 unspecified atom stereocenters. The number of nitrogens with zero attached hydrogens (tertiary/aromatic N) is 1. The molecule has 0 aliphatic carbocycles. The van der Waals surface area contributed by atoms with E-state index in [0.29, 0.717) is 50.0 Å². The van der Waals surface area contributed by atoms with Gasteiger partial charge in [-0.15, -0.1) is 0 Å². The predicted molar refractivity (Wildman–Crippen MR) is 99.8 cm³/mol. The van der Waals surface area contributed by atoms with Crippen molar-refractivity contribution in [2.45, 2.75) is 20.0 Å². The first kappa shape index (κ1) is 19.2. The first-order valence-corrected chi connectivity index (χ1v) is 9.18. The Morgan fingerprint density at radius 2 is 1.81 bits per heavy atom. The van der Waals surface area contributed by atoms with Crippen LogP contribution in [0.2, 0.25) is 0 Å². The first-order chi connectivity index (χ1) is 13.1. The molecule has 0 bridgehead atoms. The van der Waals surface area contributed by atoms with Crippen molar-refractivity contribution >= 4 is 5.91 Å². The van der Waals surface area contributed by atoms with Crippen molar-refractivity contribution in [3.8, 4) is 11.5 Å². The monoisotopic (exact) mass is 373 g/mol. The smallest absolute Gasteiger partial charge is 0.254 e. The maximum atomic E-state index is 13.1. The third-order valence-corrected chi connectivity index (χ3v) is 4.39. The van der Waals surface area contributed by atoms with E-state index < -0.39 is 0 Å². The zero-order chi connectivity index (χ0) is 19.2. The average molecular weight is 373 g/mol. The highest BCUT2D eigenvalue weighted by Crippen LogP contribution is 2.30. The fourth-order valence-electron chi connectivity index (χ4n) is 3.08. The van der Waals surface area contributed by atoms with Gasteiger partial charge in [-0.25, -0.2) is 4.39 Å². The zero-order valence-electron chi connectivity index (χ0n) is 15.6. The highest BCUT2D eigenvalue weighted by Gasteiger charge is 2.26. The fraction of sp³-hybridized carbons (Fsp3) is 0.381. The summed E-state index contributed by atoms with van der Waals surface area (Å²) in [5.74, 6) is 0.811. The van der Waals surface area contributed by atoms with Crippen LogP contribution in [0, 0.1) is 5.82 Å². The molecule has 1 amide bonds.